The summed E-state index contributed by atoms with van der Waals surface area (Å²) in [5.74, 6) is -14.9. The van der Waals surface area contributed by atoms with Crippen molar-refractivity contribution in [2.45, 2.75) is 151 Å². The van der Waals surface area contributed by atoms with E-state index in [9.17, 15) is 92.7 Å². The second kappa shape index (κ2) is 30.6. The molecule has 75 heavy (non-hydrogen) atoms. The first kappa shape index (κ1) is 63.5. The summed E-state index contributed by atoms with van der Waals surface area (Å²) >= 11 is 0. The Morgan fingerprint density at radius 1 is 0.467 bits per heavy atom. The number of amides is 12. The summed E-state index contributed by atoms with van der Waals surface area (Å²) < 4.78 is 0. The molecule has 2 fully saturated rings. The third kappa shape index (κ3) is 20.0. The molecule has 2 rings (SSSR count). The van der Waals surface area contributed by atoms with Crippen LogP contribution in [0.1, 0.15) is 85.0 Å². The van der Waals surface area contributed by atoms with E-state index >= 15 is 0 Å². The summed E-state index contributed by atoms with van der Waals surface area (Å²) in [7, 11) is 0. The van der Waals surface area contributed by atoms with Gasteiger partial charge in [0.25, 0.3) is 0 Å². The summed E-state index contributed by atoms with van der Waals surface area (Å²) in [6, 6.07) is -16.4. The van der Waals surface area contributed by atoms with E-state index in [4.69, 9.17) is 17.2 Å². The molecule has 0 saturated carbocycles. The number of hydrogen-bond donors (Lipinski definition) is 16. The normalized spacial score (nSPS) is 18.7. The number of nitrogens with two attached hydrogens (primary N) is 3. The van der Waals surface area contributed by atoms with Gasteiger partial charge in [-0.3, -0.25) is 67.1 Å². The molecule has 19 N–H and O–H groups in total. The molecule has 0 aromatic carbocycles. The van der Waals surface area contributed by atoms with Gasteiger partial charge in [-0.1, -0.05) is 0 Å². The molecule has 2 saturated heterocycles. The van der Waals surface area contributed by atoms with E-state index in [1.54, 1.807) is 0 Å². The number of carbonyl (C=O) groups excluding carboxylic acids is 12. The third-order valence-corrected chi connectivity index (χ3v) is 12.0. The lowest BCUT2D eigenvalue weighted by atomic mass is 10.0. The van der Waals surface area contributed by atoms with Crippen molar-refractivity contribution in [1.29, 1.82) is 0 Å². The van der Waals surface area contributed by atoms with Gasteiger partial charge in [-0.25, -0.2) is 0 Å². The minimum Gasteiger partial charge on any atom is -0.481 e. The maximum absolute atomic E-state index is 13.8. The lowest BCUT2D eigenvalue weighted by Crippen LogP contribution is -2.60. The fourth-order valence-electron chi connectivity index (χ4n) is 7.65. The molecule has 2 aliphatic rings. The van der Waals surface area contributed by atoms with Crippen molar-refractivity contribution in [3.63, 3.8) is 0 Å². The highest BCUT2D eigenvalue weighted by Gasteiger charge is 2.40. The van der Waals surface area contributed by atoms with Crippen molar-refractivity contribution < 1.29 is 92.7 Å². The monoisotopic (exact) mass is 1070 g/mol. The van der Waals surface area contributed by atoms with Crippen LogP contribution in [0, 0.1) is 0 Å². The topological polar surface area (TPSA) is 521 Å². The first-order valence-corrected chi connectivity index (χ1v) is 23.8. The highest BCUT2D eigenvalue weighted by atomic mass is 16.4. The van der Waals surface area contributed by atoms with Gasteiger partial charge in [-0.15, -0.1) is 0 Å². The largest absolute Gasteiger partial charge is 0.481 e. The molecule has 0 aromatic heterocycles. The van der Waals surface area contributed by atoms with Crippen molar-refractivity contribution in [2.24, 2.45) is 17.2 Å². The quantitative estimate of drug-likeness (QED) is 0.0307. The number of aliphatic hydroxyl groups is 3. The van der Waals surface area contributed by atoms with Gasteiger partial charge < -0.3 is 95.1 Å². The number of hydrogen-bond acceptors (Lipinski definition) is 18. The summed E-state index contributed by atoms with van der Waals surface area (Å²) in [6.07, 6.45) is -2.92. The molecule has 32 nitrogen and oxygen atoms in total. The van der Waals surface area contributed by atoms with E-state index in [0.717, 1.165) is 23.6 Å². The van der Waals surface area contributed by atoms with Crippen LogP contribution in [0.3, 0.4) is 0 Å². The zero-order valence-corrected chi connectivity index (χ0v) is 41.5. The second-order valence-electron chi connectivity index (χ2n) is 17.8. The number of carboxylic acids is 2. The minimum absolute atomic E-state index is 0.0364. The molecule has 0 aliphatic carbocycles. The van der Waals surface area contributed by atoms with Crippen molar-refractivity contribution in [3.05, 3.63) is 0 Å². The Morgan fingerprint density at radius 3 is 1.24 bits per heavy atom. The smallest absolute Gasteiger partial charge is 0.303 e. The molecular weight excluding hydrogens is 1000 g/mol. The second-order valence-corrected chi connectivity index (χ2v) is 17.8. The van der Waals surface area contributed by atoms with E-state index in [-0.39, 0.29) is 25.9 Å². The summed E-state index contributed by atoms with van der Waals surface area (Å²) in [6.45, 7) is 1.08. The van der Waals surface area contributed by atoms with E-state index in [2.05, 4.69) is 42.5 Å². The van der Waals surface area contributed by atoms with Crippen LogP contribution in [0.25, 0.3) is 0 Å². The van der Waals surface area contributed by atoms with E-state index in [1.165, 1.54) is 6.92 Å². The van der Waals surface area contributed by atoms with Gasteiger partial charge >= 0.3 is 11.9 Å². The van der Waals surface area contributed by atoms with Crippen LogP contribution in [-0.2, 0) is 67.1 Å². The van der Waals surface area contributed by atoms with Crippen LogP contribution in [-0.4, -0.2) is 218 Å². The maximum Gasteiger partial charge on any atom is 0.303 e. The molecule has 2 aliphatic heterocycles. The molecule has 11 atom stereocenters. The van der Waals surface area contributed by atoms with Crippen LogP contribution in [0.2, 0.25) is 0 Å². The number of rotatable bonds is 31. The Bertz CT molecular complexity index is 2150. The van der Waals surface area contributed by atoms with Gasteiger partial charge in [0.15, 0.2) is 0 Å². The van der Waals surface area contributed by atoms with E-state index in [0.29, 0.717) is 12.8 Å². The average molecular weight is 1070 g/mol. The van der Waals surface area contributed by atoms with Gasteiger partial charge in [-0.05, 0) is 65.7 Å². The van der Waals surface area contributed by atoms with Gasteiger partial charge in [-0.2, -0.15) is 0 Å². The molecule has 12 amide bonds. The molecule has 0 aromatic rings. The number of aliphatic carboxylic acids is 2. The Balaban J connectivity index is 2.23. The summed E-state index contributed by atoms with van der Waals surface area (Å²) in [5, 5.41) is 66.2. The molecule has 0 spiro atoms. The number of nitrogens with zero attached hydrogens (tertiary/aromatic N) is 2. The Hall–Kier alpha value is -7.58. The van der Waals surface area contributed by atoms with Crippen molar-refractivity contribution in [2.75, 3.05) is 32.9 Å². The van der Waals surface area contributed by atoms with Crippen molar-refractivity contribution >= 4 is 82.8 Å². The molecule has 0 unspecified atom stereocenters. The molecular formula is C43H69N13O19. The number of nitrogens with one attached hydrogen (secondary N) is 8. The van der Waals surface area contributed by atoms with Crippen LogP contribution in [0.15, 0.2) is 0 Å². The lowest BCUT2D eigenvalue weighted by molar-refractivity contribution is -0.143. The third-order valence-electron chi connectivity index (χ3n) is 12.0. The lowest BCUT2D eigenvalue weighted by Gasteiger charge is -2.29. The first-order valence-electron chi connectivity index (χ1n) is 23.8. The summed E-state index contributed by atoms with van der Waals surface area (Å²) in [5.41, 5.74) is 16.1. The van der Waals surface area contributed by atoms with Crippen LogP contribution >= 0.6 is 0 Å². The number of aliphatic hydroxyl groups excluding tert-OH is 3. The first-order chi connectivity index (χ1) is 35.2. The maximum atomic E-state index is 13.8. The minimum atomic E-state index is -1.86. The zero-order valence-electron chi connectivity index (χ0n) is 41.5. The Kier molecular flexibility index (Phi) is 25.9. The highest BCUT2D eigenvalue weighted by Crippen LogP contribution is 2.20. The molecule has 0 radical (unpaired) electrons. The van der Waals surface area contributed by atoms with E-state index < -0.39 is 208 Å². The zero-order chi connectivity index (χ0) is 56.9. The fraction of sp³-hybridized carbons (Fsp3) is 0.674. The number of carbonyl (C=O) groups is 14. The highest BCUT2D eigenvalue weighted by molar-refractivity contribution is 5.99. The number of primary amides is 2. The van der Waals surface area contributed by atoms with Crippen molar-refractivity contribution in [3.8, 4) is 0 Å². The number of likely N-dealkylation sites (tertiary alicyclic amines) is 2. The predicted octanol–water partition coefficient (Wildman–Crippen LogP) is -9.31. The summed E-state index contributed by atoms with van der Waals surface area (Å²) in [4.78, 5) is 181. The Labute approximate surface area is 428 Å². The van der Waals surface area contributed by atoms with Gasteiger partial charge in [0.1, 0.15) is 66.5 Å². The fourth-order valence-corrected chi connectivity index (χ4v) is 7.65. The molecule has 32 heteroatoms. The standard InChI is InChI=1S/C43H69N13O19/c1-19(33(46)65)47-40(72)28-6-5-15-56(28)43(75)27(18-59)54-35(67)21(3)48-36(68)24(9-12-31(61)62)51-38(70)25(10-13-32(63)64)52-37(69)23(8-11-30(45)60)50-34(66)20(2)49-39(71)26(17-58)53-41(73)29-7-4-14-55(29)42(74)22(44)16-57/h19-29,57-59H,4-18,44H2,1-3H3,(H2,45,60)(H2,46,65)(H,47,72)(H,48,68)(H,49,71)(H,50,66)(H,51,70)(H,52,69)(H,53,73)(H,54,67)(H,61,62)(H,63,64)/t19-,20-,21-,22-,23-,24-,25-,26-,27-,28-,29-/m0/s1. The van der Waals surface area contributed by atoms with Crippen LogP contribution < -0.4 is 59.7 Å². The van der Waals surface area contributed by atoms with Gasteiger partial charge in [0.05, 0.1) is 19.8 Å². The van der Waals surface area contributed by atoms with Gasteiger partial charge in [0, 0.05) is 32.4 Å². The average Bonchev–Trinajstić information content (AvgIpc) is 4.06. The van der Waals surface area contributed by atoms with Crippen LogP contribution in [0.5, 0.6) is 0 Å². The van der Waals surface area contributed by atoms with Crippen LogP contribution in [0.4, 0.5) is 0 Å². The predicted molar refractivity (Wildman–Crippen MR) is 253 cm³/mol. The van der Waals surface area contributed by atoms with E-state index in [1.807, 2.05) is 0 Å². The van der Waals surface area contributed by atoms with Gasteiger partial charge in [0.2, 0.25) is 70.9 Å². The number of carboxylic acid groups (broad SMARTS) is 2. The van der Waals surface area contributed by atoms with Crippen molar-refractivity contribution in [1.82, 2.24) is 52.3 Å². The SMILES string of the molecule is C[C@H](NC(=O)[C@@H]1CCCN1C(=O)[C@H](CO)NC(=O)[C@H](C)NC(=O)[C@H](CCC(=O)O)NC(=O)[C@H](CCC(=O)O)NC(=O)[C@H](CCC(N)=O)NC(=O)[C@H](C)NC(=O)[C@H](CO)NC(=O)[C@@H]1CCCN1C(=O)[C@@H](N)CO)C(N)=O. The molecule has 0 bridgehead atoms. The molecule has 2 heterocycles. The Morgan fingerprint density at radius 2 is 0.840 bits per heavy atom. The molecule has 420 valence electrons.